The fourth-order valence-corrected chi connectivity index (χ4v) is 3.53. The second-order valence-corrected chi connectivity index (χ2v) is 7.08. The van der Waals surface area contributed by atoms with E-state index in [-0.39, 0.29) is 29.1 Å². The lowest BCUT2D eigenvalue weighted by atomic mass is 10.1. The maximum absolute atomic E-state index is 14.2. The average Bonchev–Trinajstić information content (AvgIpc) is 3.07. The number of carbonyl (C=O) groups is 1. The number of halogens is 1. The van der Waals surface area contributed by atoms with Crippen LogP contribution in [-0.2, 0) is 12.8 Å². The minimum Gasteiger partial charge on any atom is -0.399 e. The molecule has 3 aromatic rings. The molecule has 0 fully saturated rings. The molecule has 5 nitrogen and oxygen atoms in total. The number of carbonyl (C=O) groups excluding carboxylic acids is 1. The van der Waals surface area contributed by atoms with Crippen LogP contribution in [0.2, 0.25) is 0 Å². The van der Waals surface area contributed by atoms with Crippen molar-refractivity contribution in [1.29, 1.82) is 0 Å². The second-order valence-electron chi connectivity index (χ2n) is 7.08. The van der Waals surface area contributed by atoms with Crippen molar-refractivity contribution in [1.82, 2.24) is 10.3 Å². The largest absolute Gasteiger partial charge is 0.399 e. The van der Waals surface area contributed by atoms with Crippen molar-refractivity contribution in [3.8, 4) is 0 Å². The topological polar surface area (TPSA) is 80.0 Å². The van der Waals surface area contributed by atoms with Crippen LogP contribution < -0.4 is 16.4 Å². The van der Waals surface area contributed by atoms with Crippen LogP contribution >= 0.6 is 0 Å². The van der Waals surface area contributed by atoms with E-state index in [1.165, 1.54) is 17.2 Å². The first-order chi connectivity index (χ1) is 13.5. The van der Waals surface area contributed by atoms with Crippen LogP contribution in [0, 0.1) is 12.7 Å². The van der Waals surface area contributed by atoms with Crippen molar-refractivity contribution in [2.24, 2.45) is 0 Å². The third-order valence-corrected chi connectivity index (χ3v) is 4.92. The Balaban J connectivity index is 1.51. The lowest BCUT2D eigenvalue weighted by Gasteiger charge is -2.14. The molecule has 1 aromatic heterocycles. The molecule has 1 aliphatic rings. The van der Waals surface area contributed by atoms with Gasteiger partial charge in [-0.05, 0) is 48.6 Å². The third kappa shape index (κ3) is 3.67. The summed E-state index contributed by atoms with van der Waals surface area (Å²) in [5, 5.41) is 5.93. The summed E-state index contributed by atoms with van der Waals surface area (Å²) >= 11 is 0. The number of aryl methyl sites for hydroxylation is 1. The number of nitrogens with two attached hydrogens (primary N) is 1. The first-order valence-corrected chi connectivity index (χ1v) is 9.17. The maximum Gasteiger partial charge on any atom is 0.270 e. The van der Waals surface area contributed by atoms with Crippen LogP contribution in [0.5, 0.6) is 0 Å². The molecule has 0 saturated carbocycles. The normalized spacial score (nSPS) is 13.2. The molecule has 2 aromatic carbocycles. The number of hydrogen-bond donors (Lipinski definition) is 3. The van der Waals surface area contributed by atoms with Gasteiger partial charge in [-0.2, -0.15) is 0 Å². The van der Waals surface area contributed by atoms with Gasteiger partial charge in [0.2, 0.25) is 0 Å². The molecule has 0 aliphatic heterocycles. The van der Waals surface area contributed by atoms with Gasteiger partial charge in [-0.15, -0.1) is 0 Å². The molecule has 1 amide bonds. The van der Waals surface area contributed by atoms with Crippen molar-refractivity contribution in [2.75, 3.05) is 11.1 Å². The zero-order valence-electron chi connectivity index (χ0n) is 15.5. The molecule has 0 atom stereocenters. The van der Waals surface area contributed by atoms with Gasteiger partial charge in [0.15, 0.2) is 0 Å². The van der Waals surface area contributed by atoms with E-state index in [1.807, 2.05) is 12.1 Å². The summed E-state index contributed by atoms with van der Waals surface area (Å²) in [6, 6.07) is 16.3. The Labute approximate surface area is 162 Å². The van der Waals surface area contributed by atoms with Crippen LogP contribution in [0.4, 0.5) is 21.6 Å². The number of nitrogens with zero attached hydrogens (tertiary/aromatic N) is 1. The lowest BCUT2D eigenvalue weighted by Crippen LogP contribution is -2.35. The SMILES string of the molecule is Cc1cccc(Nc2cc(N)cc(C(=O)NC3Cc4ccccc4C3)n2)c1F. The van der Waals surface area contributed by atoms with Gasteiger partial charge in [0.25, 0.3) is 5.91 Å². The van der Waals surface area contributed by atoms with Crippen molar-refractivity contribution in [2.45, 2.75) is 25.8 Å². The highest BCUT2D eigenvalue weighted by Gasteiger charge is 2.23. The highest BCUT2D eigenvalue weighted by atomic mass is 19.1. The second kappa shape index (κ2) is 7.31. The number of nitrogen functional groups attached to an aromatic ring is 1. The summed E-state index contributed by atoms with van der Waals surface area (Å²) in [5.74, 6) is -0.330. The fraction of sp³-hybridized carbons (Fsp3) is 0.182. The van der Waals surface area contributed by atoms with Gasteiger partial charge in [0.05, 0.1) is 5.69 Å². The van der Waals surface area contributed by atoms with Crippen molar-refractivity contribution >= 4 is 23.1 Å². The third-order valence-electron chi connectivity index (χ3n) is 4.92. The van der Waals surface area contributed by atoms with E-state index in [9.17, 15) is 9.18 Å². The number of anilines is 3. The summed E-state index contributed by atoms with van der Waals surface area (Å²) in [7, 11) is 0. The summed E-state index contributed by atoms with van der Waals surface area (Å²) in [6.07, 6.45) is 1.59. The average molecular weight is 376 g/mol. The Morgan fingerprint density at radius 1 is 1.11 bits per heavy atom. The fourth-order valence-electron chi connectivity index (χ4n) is 3.53. The standard InChI is InChI=1S/C22H21FN4O/c1-13-5-4-8-18(21(13)23)26-20-12-16(24)11-19(27-20)22(28)25-17-9-14-6-2-3-7-15(14)10-17/h2-8,11-12,17H,9-10H2,1H3,(H,25,28)(H3,24,26,27). The van der Waals surface area contributed by atoms with E-state index in [4.69, 9.17) is 5.73 Å². The molecular formula is C22H21FN4O. The van der Waals surface area contributed by atoms with E-state index < -0.39 is 0 Å². The van der Waals surface area contributed by atoms with E-state index >= 15 is 0 Å². The molecule has 0 unspecified atom stereocenters. The van der Waals surface area contributed by atoms with Gasteiger partial charge < -0.3 is 16.4 Å². The number of hydrogen-bond acceptors (Lipinski definition) is 4. The minimum atomic E-state index is -0.360. The Kier molecular flexibility index (Phi) is 4.69. The van der Waals surface area contributed by atoms with E-state index in [0.717, 1.165) is 12.8 Å². The molecule has 142 valence electrons. The maximum atomic E-state index is 14.2. The van der Waals surface area contributed by atoms with Gasteiger partial charge in [-0.1, -0.05) is 36.4 Å². The Morgan fingerprint density at radius 3 is 2.54 bits per heavy atom. The molecule has 28 heavy (non-hydrogen) atoms. The molecule has 0 saturated heterocycles. The summed E-state index contributed by atoms with van der Waals surface area (Å²) < 4.78 is 14.2. The van der Waals surface area contributed by atoms with Crippen LogP contribution in [0.25, 0.3) is 0 Å². The number of aromatic nitrogens is 1. The van der Waals surface area contributed by atoms with E-state index in [0.29, 0.717) is 17.1 Å². The Morgan fingerprint density at radius 2 is 1.82 bits per heavy atom. The Bertz CT molecular complexity index is 1030. The molecule has 4 N–H and O–H groups in total. The van der Waals surface area contributed by atoms with Crippen molar-refractivity contribution in [3.63, 3.8) is 0 Å². The van der Waals surface area contributed by atoms with Gasteiger partial charge in [-0.25, -0.2) is 9.37 Å². The van der Waals surface area contributed by atoms with Gasteiger partial charge in [0, 0.05) is 17.8 Å². The number of pyridine rings is 1. The van der Waals surface area contributed by atoms with E-state index in [2.05, 4.69) is 27.8 Å². The molecule has 0 spiro atoms. The van der Waals surface area contributed by atoms with Gasteiger partial charge in [-0.3, -0.25) is 4.79 Å². The molecule has 0 radical (unpaired) electrons. The molecule has 0 bridgehead atoms. The Hall–Kier alpha value is -3.41. The predicted octanol–water partition coefficient (Wildman–Crippen LogP) is 3.75. The van der Waals surface area contributed by atoms with Crippen LogP contribution in [0.1, 0.15) is 27.2 Å². The van der Waals surface area contributed by atoms with Crippen molar-refractivity contribution in [3.05, 3.63) is 82.8 Å². The van der Waals surface area contributed by atoms with Gasteiger partial charge in [0.1, 0.15) is 17.3 Å². The number of amides is 1. The summed E-state index contributed by atoms with van der Waals surface area (Å²) in [6.45, 7) is 1.69. The quantitative estimate of drug-likeness (QED) is 0.648. The predicted molar refractivity (Wildman–Crippen MR) is 108 cm³/mol. The zero-order chi connectivity index (χ0) is 19.7. The number of benzene rings is 2. The number of rotatable bonds is 4. The monoisotopic (exact) mass is 376 g/mol. The van der Waals surface area contributed by atoms with E-state index in [1.54, 1.807) is 31.2 Å². The molecular weight excluding hydrogens is 355 g/mol. The highest BCUT2D eigenvalue weighted by molar-refractivity contribution is 5.94. The molecule has 4 rings (SSSR count). The minimum absolute atomic E-state index is 0.0266. The van der Waals surface area contributed by atoms with Gasteiger partial charge >= 0.3 is 0 Å². The highest BCUT2D eigenvalue weighted by Crippen LogP contribution is 2.24. The summed E-state index contributed by atoms with van der Waals surface area (Å²) in [4.78, 5) is 17.0. The molecule has 1 heterocycles. The number of fused-ring (bicyclic) bond motifs is 1. The first kappa shape index (κ1) is 18.0. The molecule has 6 heteroatoms. The van der Waals surface area contributed by atoms with Crippen LogP contribution in [0.3, 0.4) is 0 Å². The molecule has 1 aliphatic carbocycles. The zero-order valence-corrected chi connectivity index (χ0v) is 15.5. The van der Waals surface area contributed by atoms with Crippen molar-refractivity contribution < 1.29 is 9.18 Å². The number of nitrogens with one attached hydrogen (secondary N) is 2. The lowest BCUT2D eigenvalue weighted by molar-refractivity contribution is 0.0933. The van der Waals surface area contributed by atoms with Crippen LogP contribution in [-0.4, -0.2) is 16.9 Å². The summed E-state index contributed by atoms with van der Waals surface area (Å²) in [5.41, 5.74) is 9.84. The van der Waals surface area contributed by atoms with Crippen LogP contribution in [0.15, 0.2) is 54.6 Å². The first-order valence-electron chi connectivity index (χ1n) is 9.17. The smallest absolute Gasteiger partial charge is 0.270 e.